The molecular weight excluding hydrogens is 575 g/mol. The number of hydrogen-bond acceptors (Lipinski definition) is 8. The molecule has 0 bridgehead atoms. The zero-order valence-electron chi connectivity index (χ0n) is 21.8. The van der Waals surface area contributed by atoms with E-state index in [0.717, 1.165) is 20.5 Å². The van der Waals surface area contributed by atoms with Gasteiger partial charge in [0.25, 0.3) is 5.91 Å². The van der Waals surface area contributed by atoms with Crippen LogP contribution in [-0.4, -0.2) is 32.6 Å². The van der Waals surface area contributed by atoms with E-state index in [1.807, 2.05) is 36.4 Å². The number of hydrogen-bond donors (Lipinski definition) is 2. The molecule has 1 amide bonds. The predicted octanol–water partition coefficient (Wildman–Crippen LogP) is 6.53. The first-order valence-electron chi connectivity index (χ1n) is 12.7. The number of fused-ring (bicyclic) bond motifs is 2. The molecule has 6 aromatic rings. The van der Waals surface area contributed by atoms with Crippen LogP contribution in [0.15, 0.2) is 85.3 Å². The van der Waals surface area contributed by atoms with Crippen molar-refractivity contribution in [2.75, 3.05) is 11.9 Å². The third-order valence-electron chi connectivity index (χ3n) is 6.13. The molecule has 206 valence electrons. The Labute approximate surface area is 248 Å². The van der Waals surface area contributed by atoms with Crippen molar-refractivity contribution in [1.82, 2.24) is 25.5 Å². The van der Waals surface area contributed by atoms with Gasteiger partial charge in [-0.25, -0.2) is 14.4 Å². The van der Waals surface area contributed by atoms with Crippen LogP contribution in [0.3, 0.4) is 0 Å². The second-order valence-corrected chi connectivity index (χ2v) is 10.5. The minimum absolute atomic E-state index is 0.159. The van der Waals surface area contributed by atoms with Crippen LogP contribution in [0, 0.1) is 17.7 Å². The highest BCUT2D eigenvalue weighted by molar-refractivity contribution is 7.20. The van der Waals surface area contributed by atoms with E-state index in [1.165, 1.54) is 36.0 Å². The van der Waals surface area contributed by atoms with E-state index in [4.69, 9.17) is 16.3 Å². The average molecular weight is 595 g/mol. The lowest BCUT2D eigenvalue weighted by Crippen LogP contribution is -2.24. The quantitative estimate of drug-likeness (QED) is 0.203. The fraction of sp³-hybridized carbons (Fsp3) is 0.0645. The minimum Gasteiger partial charge on any atom is -0.487 e. The van der Waals surface area contributed by atoms with Crippen LogP contribution >= 0.6 is 22.9 Å². The number of anilines is 2. The van der Waals surface area contributed by atoms with Crippen LogP contribution < -0.4 is 15.4 Å². The predicted molar refractivity (Wildman–Crippen MR) is 162 cm³/mol. The Morgan fingerprint density at radius 2 is 1.93 bits per heavy atom. The van der Waals surface area contributed by atoms with E-state index in [9.17, 15) is 9.18 Å². The van der Waals surface area contributed by atoms with Gasteiger partial charge in [0.05, 0.1) is 43.9 Å². The number of thiophene rings is 1. The lowest BCUT2D eigenvalue weighted by atomic mass is 10.1. The molecule has 3 heterocycles. The smallest absolute Gasteiger partial charge is 0.254 e. The van der Waals surface area contributed by atoms with Gasteiger partial charge in [-0.3, -0.25) is 4.79 Å². The van der Waals surface area contributed by atoms with Gasteiger partial charge in [-0.1, -0.05) is 53.8 Å². The van der Waals surface area contributed by atoms with Gasteiger partial charge in [0, 0.05) is 11.1 Å². The number of carbonyl (C=O) groups excluding carboxylic acids is 1. The molecule has 6 rings (SSSR count). The highest BCUT2D eigenvalue weighted by atomic mass is 35.5. The van der Waals surface area contributed by atoms with Crippen molar-refractivity contribution < 1.29 is 13.9 Å². The lowest BCUT2D eigenvalue weighted by molar-refractivity contribution is 0.0960. The molecule has 2 N–H and O–H groups in total. The van der Waals surface area contributed by atoms with Crippen LogP contribution in [0.5, 0.6) is 5.75 Å². The Balaban J connectivity index is 1.11. The van der Waals surface area contributed by atoms with Gasteiger partial charge < -0.3 is 15.4 Å². The van der Waals surface area contributed by atoms with Crippen LogP contribution in [0.4, 0.5) is 15.9 Å². The SMILES string of the molecule is O=C(NCC#Cc1cc2ncnc(Nc3ccc(OCc4cccc(F)c4)c(Cl)c3)c2s1)c1cnnc2ccccc12. The van der Waals surface area contributed by atoms with Crippen LogP contribution in [0.2, 0.25) is 5.02 Å². The molecule has 0 unspecified atom stereocenters. The van der Waals surface area contributed by atoms with Gasteiger partial charge in [0.2, 0.25) is 0 Å². The van der Waals surface area contributed by atoms with Crippen molar-refractivity contribution in [3.05, 3.63) is 112 Å². The van der Waals surface area contributed by atoms with Crippen LogP contribution in [-0.2, 0) is 6.61 Å². The normalized spacial score (nSPS) is 10.7. The van der Waals surface area contributed by atoms with Gasteiger partial charge in [-0.15, -0.1) is 11.3 Å². The first-order valence-corrected chi connectivity index (χ1v) is 13.9. The Hall–Kier alpha value is -5.11. The van der Waals surface area contributed by atoms with E-state index in [1.54, 1.807) is 24.3 Å². The first-order chi connectivity index (χ1) is 20.5. The molecule has 0 aliphatic rings. The van der Waals surface area contributed by atoms with Crippen molar-refractivity contribution >= 4 is 61.5 Å². The molecule has 3 aromatic heterocycles. The topological polar surface area (TPSA) is 102 Å². The zero-order valence-corrected chi connectivity index (χ0v) is 23.3. The van der Waals surface area contributed by atoms with Gasteiger partial charge >= 0.3 is 0 Å². The maximum atomic E-state index is 13.4. The van der Waals surface area contributed by atoms with Crippen molar-refractivity contribution in [2.24, 2.45) is 0 Å². The molecule has 0 aliphatic heterocycles. The summed E-state index contributed by atoms with van der Waals surface area (Å²) in [6, 6.07) is 20.7. The molecule has 42 heavy (non-hydrogen) atoms. The minimum atomic E-state index is -0.319. The van der Waals surface area contributed by atoms with Gasteiger partial charge in [0.15, 0.2) is 5.82 Å². The summed E-state index contributed by atoms with van der Waals surface area (Å²) in [5.74, 6) is 6.57. The third kappa shape index (κ3) is 6.12. The average Bonchev–Trinajstić information content (AvgIpc) is 3.43. The van der Waals surface area contributed by atoms with Crippen molar-refractivity contribution in [3.8, 4) is 17.6 Å². The number of aromatic nitrogens is 4. The molecule has 0 radical (unpaired) electrons. The maximum absolute atomic E-state index is 13.4. The summed E-state index contributed by atoms with van der Waals surface area (Å²) in [4.78, 5) is 22.2. The molecule has 0 atom stereocenters. The Morgan fingerprint density at radius 1 is 1.02 bits per heavy atom. The standard InChI is InChI=1S/C31H20ClFN6O2S/c32-25-14-21(10-11-28(25)41-17-19-5-3-6-20(33)13-19)38-30-29-27(35-18-36-30)15-22(42-29)7-4-12-34-31(40)24-16-37-39-26-9-2-1-8-23(24)26/h1-3,5-6,8-11,13-16,18H,12,17H2,(H,34,40)(H,35,36,38). The first kappa shape index (κ1) is 27.1. The summed E-state index contributed by atoms with van der Waals surface area (Å²) < 4.78 is 20.0. The fourth-order valence-corrected chi connectivity index (χ4v) is 5.33. The number of halogens is 2. The second kappa shape index (κ2) is 12.2. The van der Waals surface area contributed by atoms with Crippen molar-refractivity contribution in [1.29, 1.82) is 0 Å². The number of benzene rings is 3. The van der Waals surface area contributed by atoms with Gasteiger partial charge in [0.1, 0.15) is 24.5 Å². The number of rotatable bonds is 7. The molecule has 0 aliphatic carbocycles. The molecule has 11 heteroatoms. The van der Waals surface area contributed by atoms with Crippen molar-refractivity contribution in [2.45, 2.75) is 6.61 Å². The van der Waals surface area contributed by atoms with Crippen LogP contribution in [0.25, 0.3) is 21.1 Å². The summed E-state index contributed by atoms with van der Waals surface area (Å²) >= 11 is 7.89. The van der Waals surface area contributed by atoms with Gasteiger partial charge in [-0.05, 0) is 48.0 Å². The highest BCUT2D eigenvalue weighted by Crippen LogP contribution is 2.33. The summed E-state index contributed by atoms with van der Waals surface area (Å²) in [6.45, 7) is 0.351. The summed E-state index contributed by atoms with van der Waals surface area (Å²) in [6.07, 6.45) is 2.92. The van der Waals surface area contributed by atoms with Gasteiger partial charge in [-0.2, -0.15) is 10.2 Å². The Morgan fingerprint density at radius 3 is 2.81 bits per heavy atom. The largest absolute Gasteiger partial charge is 0.487 e. The molecule has 0 saturated carbocycles. The van der Waals surface area contributed by atoms with Crippen molar-refractivity contribution in [3.63, 3.8) is 0 Å². The number of amides is 1. The molecule has 0 saturated heterocycles. The maximum Gasteiger partial charge on any atom is 0.254 e. The second-order valence-electron chi connectivity index (χ2n) is 9.00. The summed E-state index contributed by atoms with van der Waals surface area (Å²) in [5, 5.41) is 15.2. The third-order valence-corrected chi connectivity index (χ3v) is 7.47. The van der Waals surface area contributed by atoms with E-state index in [2.05, 4.69) is 42.6 Å². The van der Waals surface area contributed by atoms with E-state index >= 15 is 0 Å². The Kier molecular flexibility index (Phi) is 7.85. The van der Waals surface area contributed by atoms with E-state index in [-0.39, 0.29) is 24.9 Å². The Bertz CT molecular complexity index is 2000. The lowest BCUT2D eigenvalue weighted by Gasteiger charge is -2.11. The van der Waals surface area contributed by atoms with Crippen LogP contribution in [0.1, 0.15) is 20.8 Å². The molecule has 8 nitrogen and oxygen atoms in total. The van der Waals surface area contributed by atoms with E-state index in [0.29, 0.717) is 38.9 Å². The monoisotopic (exact) mass is 594 g/mol. The zero-order chi connectivity index (χ0) is 28.9. The summed E-state index contributed by atoms with van der Waals surface area (Å²) in [5.41, 5.74) is 3.25. The molecule has 3 aromatic carbocycles. The molecule has 0 fully saturated rings. The fourth-order valence-electron chi connectivity index (χ4n) is 4.16. The number of carbonyl (C=O) groups is 1. The summed E-state index contributed by atoms with van der Waals surface area (Å²) in [7, 11) is 0. The number of nitrogens with one attached hydrogen (secondary N) is 2. The molecule has 0 spiro atoms. The highest BCUT2D eigenvalue weighted by Gasteiger charge is 2.12. The van der Waals surface area contributed by atoms with E-state index < -0.39 is 0 Å². The number of nitrogens with zero attached hydrogens (tertiary/aromatic N) is 4. The molecular formula is C31H20ClFN6O2S. The number of ether oxygens (including phenoxy) is 1.